The van der Waals surface area contributed by atoms with Crippen LogP contribution in [-0.4, -0.2) is 24.3 Å². The van der Waals surface area contributed by atoms with Crippen molar-refractivity contribution in [3.05, 3.63) is 72.3 Å². The van der Waals surface area contributed by atoms with Crippen molar-refractivity contribution in [1.82, 2.24) is 0 Å². The molecular weight excluding hydrogens is 416 g/mol. The van der Waals surface area contributed by atoms with Crippen LogP contribution in [0.3, 0.4) is 0 Å². The topological polar surface area (TPSA) is 99.1 Å². The number of sulfone groups is 1. The minimum absolute atomic E-state index is 0.00142. The molecule has 1 N–H and O–H groups in total. The zero-order chi connectivity index (χ0) is 21.0. The van der Waals surface area contributed by atoms with Gasteiger partial charge in [0.15, 0.2) is 11.5 Å². The average Bonchev–Trinajstić information content (AvgIpc) is 2.69. The summed E-state index contributed by atoms with van der Waals surface area (Å²) in [5.41, 5.74) is 0.967. The Hall–Kier alpha value is -2.88. The molecule has 3 aromatic carbocycles. The third-order valence-corrected chi connectivity index (χ3v) is 6.11. The SMILES string of the molecule is COc1ccc(Oc2ccc(S(=O)(=O)c3ccc(C)cc3)cc2)c(OS(=O)O)c1. The summed E-state index contributed by atoms with van der Waals surface area (Å²) in [4.78, 5) is 0.324. The van der Waals surface area contributed by atoms with E-state index in [9.17, 15) is 12.6 Å². The first-order valence-corrected chi connectivity index (χ1v) is 10.9. The first-order chi connectivity index (χ1) is 13.8. The maximum atomic E-state index is 12.7. The molecule has 1 atom stereocenters. The molecule has 0 heterocycles. The van der Waals surface area contributed by atoms with Crippen LogP contribution in [0.5, 0.6) is 23.0 Å². The zero-order valence-corrected chi connectivity index (χ0v) is 17.2. The molecule has 1 unspecified atom stereocenters. The molecule has 0 saturated heterocycles. The van der Waals surface area contributed by atoms with Crippen LogP contribution in [0.15, 0.2) is 76.5 Å². The monoisotopic (exact) mass is 434 g/mol. The number of hydrogen-bond donors (Lipinski definition) is 1. The van der Waals surface area contributed by atoms with Gasteiger partial charge >= 0.3 is 11.4 Å². The van der Waals surface area contributed by atoms with Crippen LogP contribution >= 0.6 is 0 Å². The van der Waals surface area contributed by atoms with Crippen molar-refractivity contribution in [3.63, 3.8) is 0 Å². The van der Waals surface area contributed by atoms with E-state index in [0.717, 1.165) is 5.56 Å². The lowest BCUT2D eigenvalue weighted by Crippen LogP contribution is -2.02. The Kier molecular flexibility index (Phi) is 6.21. The van der Waals surface area contributed by atoms with E-state index < -0.39 is 21.2 Å². The van der Waals surface area contributed by atoms with Gasteiger partial charge in [-0.1, -0.05) is 17.7 Å². The molecule has 0 fully saturated rings. The summed E-state index contributed by atoms with van der Waals surface area (Å²) in [6.45, 7) is 1.88. The number of hydrogen-bond acceptors (Lipinski definition) is 6. The quantitative estimate of drug-likeness (QED) is 0.558. The van der Waals surface area contributed by atoms with E-state index in [1.165, 1.54) is 43.5 Å². The first-order valence-electron chi connectivity index (χ1n) is 8.36. The predicted molar refractivity (Wildman–Crippen MR) is 108 cm³/mol. The van der Waals surface area contributed by atoms with E-state index in [4.69, 9.17) is 18.2 Å². The summed E-state index contributed by atoms with van der Waals surface area (Å²) in [7, 11) is -2.20. The van der Waals surface area contributed by atoms with Crippen LogP contribution in [0, 0.1) is 6.92 Å². The second kappa shape index (κ2) is 8.64. The summed E-state index contributed by atoms with van der Waals surface area (Å²) < 4.78 is 61.0. The second-order valence-corrected chi connectivity index (χ2v) is 8.55. The standard InChI is InChI=1S/C20H18O7S2/c1-14-3-8-17(9-4-14)29(23,24)18-10-5-15(6-11-18)26-19-12-7-16(25-2)13-20(19)27-28(21)22/h3-13H,1-2H3,(H,21,22). The largest absolute Gasteiger partial charge is 0.497 e. The van der Waals surface area contributed by atoms with E-state index >= 15 is 0 Å². The number of aryl methyl sites for hydroxylation is 1. The van der Waals surface area contributed by atoms with E-state index in [-0.39, 0.29) is 21.3 Å². The molecule has 0 aliphatic carbocycles. The van der Waals surface area contributed by atoms with Crippen LogP contribution in [0.25, 0.3) is 0 Å². The van der Waals surface area contributed by atoms with Crippen LogP contribution in [0.4, 0.5) is 0 Å². The van der Waals surface area contributed by atoms with Gasteiger partial charge in [-0.25, -0.2) is 8.42 Å². The molecule has 0 amide bonds. The first kappa shape index (κ1) is 20.8. The van der Waals surface area contributed by atoms with Crippen molar-refractivity contribution in [2.45, 2.75) is 16.7 Å². The Labute approximate surface area is 171 Å². The fourth-order valence-electron chi connectivity index (χ4n) is 2.51. The average molecular weight is 434 g/mol. The van der Waals surface area contributed by atoms with Crippen molar-refractivity contribution in [2.24, 2.45) is 0 Å². The molecule has 0 spiro atoms. The maximum absolute atomic E-state index is 12.7. The third-order valence-electron chi connectivity index (χ3n) is 4.01. The lowest BCUT2D eigenvalue weighted by atomic mass is 10.2. The highest BCUT2D eigenvalue weighted by molar-refractivity contribution is 7.91. The molecule has 0 bridgehead atoms. The molecule has 0 saturated carbocycles. The van der Waals surface area contributed by atoms with Gasteiger partial charge in [-0.3, -0.25) is 4.55 Å². The zero-order valence-electron chi connectivity index (χ0n) is 15.6. The highest BCUT2D eigenvalue weighted by atomic mass is 32.2. The van der Waals surface area contributed by atoms with Crippen LogP contribution < -0.4 is 13.7 Å². The highest BCUT2D eigenvalue weighted by Crippen LogP contribution is 2.35. The number of ether oxygens (including phenoxy) is 2. The fourth-order valence-corrected chi connectivity index (χ4v) is 4.05. The molecule has 0 aromatic heterocycles. The molecule has 9 heteroatoms. The summed E-state index contributed by atoms with van der Waals surface area (Å²) in [6.07, 6.45) is 0. The van der Waals surface area contributed by atoms with E-state index in [2.05, 4.69) is 0 Å². The maximum Gasteiger partial charge on any atom is 0.357 e. The Bertz CT molecular complexity index is 1120. The van der Waals surface area contributed by atoms with E-state index in [0.29, 0.717) is 11.5 Å². The van der Waals surface area contributed by atoms with E-state index in [1.54, 1.807) is 30.3 Å². The van der Waals surface area contributed by atoms with Crippen molar-refractivity contribution < 1.29 is 30.8 Å². The summed E-state index contributed by atoms with van der Waals surface area (Å²) in [5, 5.41) is 0. The Morgan fingerprint density at radius 2 is 1.38 bits per heavy atom. The molecule has 0 aliphatic rings. The van der Waals surface area contributed by atoms with Crippen molar-refractivity contribution >= 4 is 21.2 Å². The number of benzene rings is 3. The summed E-state index contributed by atoms with van der Waals surface area (Å²) in [6, 6.07) is 16.9. The molecule has 3 aromatic rings. The molecular formula is C20H18O7S2. The van der Waals surface area contributed by atoms with Crippen molar-refractivity contribution in [3.8, 4) is 23.0 Å². The van der Waals surface area contributed by atoms with Gasteiger partial charge in [0.1, 0.15) is 11.5 Å². The van der Waals surface area contributed by atoms with Crippen molar-refractivity contribution in [1.29, 1.82) is 0 Å². The van der Waals surface area contributed by atoms with Gasteiger partial charge < -0.3 is 13.7 Å². The molecule has 152 valence electrons. The predicted octanol–water partition coefficient (Wildman–Crippen LogP) is 4.14. The van der Waals surface area contributed by atoms with Gasteiger partial charge in [0, 0.05) is 6.07 Å². The summed E-state index contributed by atoms with van der Waals surface area (Å²) >= 11 is -2.55. The Morgan fingerprint density at radius 1 is 0.828 bits per heavy atom. The highest BCUT2D eigenvalue weighted by Gasteiger charge is 2.18. The van der Waals surface area contributed by atoms with Gasteiger partial charge in [-0.15, -0.1) is 0 Å². The lowest BCUT2D eigenvalue weighted by molar-refractivity contribution is 0.400. The molecule has 3 rings (SSSR count). The molecule has 0 aliphatic heterocycles. The second-order valence-electron chi connectivity index (χ2n) is 6.00. The van der Waals surface area contributed by atoms with Crippen LogP contribution in [-0.2, 0) is 21.2 Å². The van der Waals surface area contributed by atoms with Gasteiger partial charge in [-0.2, -0.15) is 4.21 Å². The Morgan fingerprint density at radius 3 is 1.93 bits per heavy atom. The molecule has 7 nitrogen and oxygen atoms in total. The molecule has 0 radical (unpaired) electrons. The Balaban J connectivity index is 1.86. The van der Waals surface area contributed by atoms with Crippen LogP contribution in [0.1, 0.15) is 5.56 Å². The van der Waals surface area contributed by atoms with Gasteiger partial charge in [0.2, 0.25) is 9.84 Å². The van der Waals surface area contributed by atoms with Crippen LogP contribution in [0.2, 0.25) is 0 Å². The normalized spacial score (nSPS) is 12.2. The fraction of sp³-hybridized carbons (Fsp3) is 0.100. The van der Waals surface area contributed by atoms with E-state index in [1.807, 2.05) is 6.92 Å². The lowest BCUT2D eigenvalue weighted by Gasteiger charge is -2.12. The van der Waals surface area contributed by atoms with Gasteiger partial charge in [0.05, 0.1) is 16.9 Å². The van der Waals surface area contributed by atoms with Gasteiger partial charge in [0.25, 0.3) is 0 Å². The smallest absolute Gasteiger partial charge is 0.357 e. The number of methoxy groups -OCH3 is 1. The molecule has 29 heavy (non-hydrogen) atoms. The van der Waals surface area contributed by atoms with Crippen molar-refractivity contribution in [2.75, 3.05) is 7.11 Å². The van der Waals surface area contributed by atoms with Gasteiger partial charge in [-0.05, 0) is 55.5 Å². The summed E-state index contributed by atoms with van der Waals surface area (Å²) in [5.74, 6) is 0.910. The third kappa shape index (κ3) is 4.94. The minimum atomic E-state index is -3.65. The number of rotatable bonds is 7. The minimum Gasteiger partial charge on any atom is -0.497 e.